The molecule has 1 atom stereocenters. The molecule has 0 aliphatic rings. The minimum Gasteiger partial charge on any atom is -0.434 e. The van der Waals surface area contributed by atoms with Crippen LogP contribution in [0.5, 0.6) is 5.75 Å². The highest BCUT2D eigenvalue weighted by Gasteiger charge is 2.08. The molecule has 2 nitrogen and oxygen atoms in total. The standard InChI is InChI=1S/C11H12BrF2NO/c1-7(15)2-3-8-6-9(12)4-5-10(8)16-11(13)14/h2-7,11H,15H2,1H3/b3-2+. The van der Waals surface area contributed by atoms with Crippen molar-refractivity contribution >= 4 is 22.0 Å². The predicted octanol–water partition coefficient (Wildman–Crippen LogP) is 3.41. The monoisotopic (exact) mass is 291 g/mol. The van der Waals surface area contributed by atoms with E-state index < -0.39 is 6.61 Å². The van der Waals surface area contributed by atoms with Crippen molar-refractivity contribution in [1.82, 2.24) is 0 Å². The van der Waals surface area contributed by atoms with Crippen molar-refractivity contribution in [1.29, 1.82) is 0 Å². The molecule has 1 unspecified atom stereocenters. The Kier molecular flexibility index (Phi) is 4.89. The van der Waals surface area contributed by atoms with Gasteiger partial charge in [0.25, 0.3) is 0 Å². The smallest absolute Gasteiger partial charge is 0.387 e. The molecule has 1 aromatic carbocycles. The Morgan fingerprint density at radius 2 is 2.12 bits per heavy atom. The molecule has 5 heteroatoms. The van der Waals surface area contributed by atoms with Crippen LogP contribution in [0, 0.1) is 0 Å². The topological polar surface area (TPSA) is 35.2 Å². The molecule has 0 radical (unpaired) electrons. The van der Waals surface area contributed by atoms with Gasteiger partial charge in [0.05, 0.1) is 0 Å². The van der Waals surface area contributed by atoms with E-state index in [1.807, 2.05) is 0 Å². The fourth-order valence-corrected chi connectivity index (χ4v) is 1.49. The summed E-state index contributed by atoms with van der Waals surface area (Å²) in [6.45, 7) is -1.04. The molecule has 2 N–H and O–H groups in total. The van der Waals surface area contributed by atoms with Gasteiger partial charge in [-0.1, -0.05) is 28.1 Å². The Morgan fingerprint density at radius 3 is 2.69 bits per heavy atom. The van der Waals surface area contributed by atoms with E-state index in [-0.39, 0.29) is 11.8 Å². The van der Waals surface area contributed by atoms with Gasteiger partial charge in [-0.05, 0) is 25.1 Å². The van der Waals surface area contributed by atoms with Gasteiger partial charge in [-0.15, -0.1) is 0 Å². The predicted molar refractivity (Wildman–Crippen MR) is 63.5 cm³/mol. The largest absolute Gasteiger partial charge is 0.434 e. The Morgan fingerprint density at radius 1 is 1.44 bits per heavy atom. The minimum absolute atomic E-state index is 0.134. The summed E-state index contributed by atoms with van der Waals surface area (Å²) in [5.41, 5.74) is 6.10. The number of ether oxygens (including phenoxy) is 1. The second-order valence-corrected chi connectivity index (χ2v) is 4.19. The van der Waals surface area contributed by atoms with Gasteiger partial charge in [0.1, 0.15) is 5.75 Å². The molecule has 0 amide bonds. The number of alkyl halides is 2. The Hall–Kier alpha value is -0.940. The van der Waals surface area contributed by atoms with Crippen LogP contribution in [0.15, 0.2) is 28.7 Å². The summed E-state index contributed by atoms with van der Waals surface area (Å²) in [6, 6.07) is 4.67. The molecule has 0 aliphatic heterocycles. The molecule has 0 spiro atoms. The van der Waals surface area contributed by atoms with Crippen LogP contribution in [-0.4, -0.2) is 12.7 Å². The molecular formula is C11H12BrF2NO. The SMILES string of the molecule is CC(N)/C=C/c1cc(Br)ccc1OC(F)F. The summed E-state index contributed by atoms with van der Waals surface area (Å²) >= 11 is 3.26. The van der Waals surface area contributed by atoms with Gasteiger partial charge in [0, 0.05) is 16.1 Å². The summed E-state index contributed by atoms with van der Waals surface area (Å²) in [7, 11) is 0. The van der Waals surface area contributed by atoms with Crippen molar-refractivity contribution in [3.8, 4) is 5.75 Å². The lowest BCUT2D eigenvalue weighted by molar-refractivity contribution is -0.0499. The molecule has 1 aromatic rings. The van der Waals surface area contributed by atoms with Gasteiger partial charge in [0.15, 0.2) is 0 Å². The van der Waals surface area contributed by atoms with Gasteiger partial charge in [-0.25, -0.2) is 0 Å². The van der Waals surface area contributed by atoms with Crippen LogP contribution in [-0.2, 0) is 0 Å². The van der Waals surface area contributed by atoms with Gasteiger partial charge < -0.3 is 10.5 Å². The number of benzene rings is 1. The third-order valence-electron chi connectivity index (χ3n) is 1.77. The number of rotatable bonds is 4. The third kappa shape index (κ3) is 4.28. The first-order valence-corrected chi connectivity index (χ1v) is 5.46. The molecule has 1 rings (SSSR count). The number of halogens is 3. The Bertz CT molecular complexity index is 380. The van der Waals surface area contributed by atoms with Crippen molar-refractivity contribution in [2.75, 3.05) is 0 Å². The van der Waals surface area contributed by atoms with Crippen LogP contribution < -0.4 is 10.5 Å². The lowest BCUT2D eigenvalue weighted by atomic mass is 10.1. The average molecular weight is 292 g/mol. The van der Waals surface area contributed by atoms with Crippen LogP contribution in [0.4, 0.5) is 8.78 Å². The highest BCUT2D eigenvalue weighted by atomic mass is 79.9. The lowest BCUT2D eigenvalue weighted by Crippen LogP contribution is -2.10. The van der Waals surface area contributed by atoms with Crippen molar-refractivity contribution in [3.05, 3.63) is 34.3 Å². The van der Waals surface area contributed by atoms with Crippen molar-refractivity contribution < 1.29 is 13.5 Å². The second-order valence-electron chi connectivity index (χ2n) is 3.28. The summed E-state index contributed by atoms with van der Waals surface area (Å²) in [5, 5.41) is 0. The van der Waals surface area contributed by atoms with Crippen LogP contribution in [0.3, 0.4) is 0 Å². The van der Waals surface area contributed by atoms with Crippen LogP contribution in [0.1, 0.15) is 12.5 Å². The molecule has 0 saturated carbocycles. The first-order chi connectivity index (χ1) is 7.49. The number of nitrogens with two attached hydrogens (primary N) is 1. The van der Waals surface area contributed by atoms with Crippen LogP contribution >= 0.6 is 15.9 Å². The summed E-state index contributed by atoms with van der Waals surface area (Å²) in [5.74, 6) is 0.134. The molecule has 0 fully saturated rings. The maximum absolute atomic E-state index is 12.1. The summed E-state index contributed by atoms with van der Waals surface area (Å²) in [6.07, 6.45) is 3.37. The van der Waals surface area contributed by atoms with Gasteiger partial charge >= 0.3 is 6.61 Å². The maximum Gasteiger partial charge on any atom is 0.387 e. The highest BCUT2D eigenvalue weighted by molar-refractivity contribution is 9.10. The maximum atomic E-state index is 12.1. The zero-order valence-electron chi connectivity index (χ0n) is 8.66. The van der Waals surface area contributed by atoms with Gasteiger partial charge in [-0.2, -0.15) is 8.78 Å². The molecule has 88 valence electrons. The quantitative estimate of drug-likeness (QED) is 0.923. The number of hydrogen-bond acceptors (Lipinski definition) is 2. The Balaban J connectivity index is 2.98. The van der Waals surface area contributed by atoms with Crippen molar-refractivity contribution in [2.24, 2.45) is 5.73 Å². The minimum atomic E-state index is -2.83. The zero-order valence-corrected chi connectivity index (χ0v) is 10.2. The fourth-order valence-electron chi connectivity index (χ4n) is 1.11. The molecular weight excluding hydrogens is 280 g/mol. The Labute approximate surface area is 101 Å². The zero-order chi connectivity index (χ0) is 12.1. The van der Waals surface area contributed by atoms with E-state index >= 15 is 0 Å². The molecule has 0 aliphatic carbocycles. The van der Waals surface area contributed by atoms with Crippen LogP contribution in [0.25, 0.3) is 6.08 Å². The number of hydrogen-bond donors (Lipinski definition) is 1. The van der Waals surface area contributed by atoms with E-state index in [0.29, 0.717) is 5.56 Å². The lowest BCUT2D eigenvalue weighted by Gasteiger charge is -2.08. The van der Waals surface area contributed by atoms with E-state index in [0.717, 1.165) is 4.47 Å². The summed E-state index contributed by atoms with van der Waals surface area (Å²) < 4.78 is 29.4. The van der Waals surface area contributed by atoms with E-state index in [4.69, 9.17) is 5.73 Å². The van der Waals surface area contributed by atoms with Gasteiger partial charge in [-0.3, -0.25) is 0 Å². The van der Waals surface area contributed by atoms with E-state index in [1.54, 1.807) is 31.2 Å². The average Bonchev–Trinajstić information content (AvgIpc) is 2.17. The van der Waals surface area contributed by atoms with Gasteiger partial charge in [0.2, 0.25) is 0 Å². The van der Waals surface area contributed by atoms with E-state index in [9.17, 15) is 8.78 Å². The molecule has 16 heavy (non-hydrogen) atoms. The third-order valence-corrected chi connectivity index (χ3v) is 2.26. The fraction of sp³-hybridized carbons (Fsp3) is 0.273. The second kappa shape index (κ2) is 5.96. The van der Waals surface area contributed by atoms with E-state index in [1.165, 1.54) is 6.07 Å². The van der Waals surface area contributed by atoms with Crippen LogP contribution in [0.2, 0.25) is 0 Å². The van der Waals surface area contributed by atoms with E-state index in [2.05, 4.69) is 20.7 Å². The van der Waals surface area contributed by atoms with Crippen molar-refractivity contribution in [3.63, 3.8) is 0 Å². The molecule has 0 aromatic heterocycles. The molecule has 0 bridgehead atoms. The molecule has 0 saturated heterocycles. The first kappa shape index (κ1) is 13.1. The highest BCUT2D eigenvalue weighted by Crippen LogP contribution is 2.25. The first-order valence-electron chi connectivity index (χ1n) is 4.67. The summed E-state index contributed by atoms with van der Waals surface area (Å²) in [4.78, 5) is 0. The van der Waals surface area contributed by atoms with Crippen molar-refractivity contribution in [2.45, 2.75) is 19.6 Å². The normalized spacial score (nSPS) is 13.4. The molecule has 0 heterocycles.